The van der Waals surface area contributed by atoms with Crippen LogP contribution in [0.5, 0.6) is 5.75 Å². The highest BCUT2D eigenvalue weighted by Crippen LogP contribution is 2.22. The Morgan fingerprint density at radius 3 is 2.41 bits per heavy atom. The maximum absolute atomic E-state index is 13.1. The Morgan fingerprint density at radius 1 is 1.10 bits per heavy atom. The molecule has 4 aromatic rings. The first-order valence-corrected chi connectivity index (χ1v) is 9.30. The summed E-state index contributed by atoms with van der Waals surface area (Å²) in [5.41, 5.74) is 3.02. The van der Waals surface area contributed by atoms with Gasteiger partial charge in [-0.2, -0.15) is 4.98 Å². The Balaban J connectivity index is 2.00. The number of imidazole rings is 2. The van der Waals surface area contributed by atoms with E-state index in [1.165, 1.54) is 9.13 Å². The van der Waals surface area contributed by atoms with Gasteiger partial charge in [-0.05, 0) is 31.5 Å². The molecule has 0 radical (unpaired) electrons. The van der Waals surface area contributed by atoms with Gasteiger partial charge in [-0.25, -0.2) is 4.79 Å². The molecule has 29 heavy (non-hydrogen) atoms. The number of methoxy groups -OCH3 is 1. The van der Waals surface area contributed by atoms with Crippen LogP contribution in [-0.4, -0.2) is 30.2 Å². The monoisotopic (exact) mass is 393 g/mol. The number of fused-ring (bicyclic) bond motifs is 3. The third-order valence-corrected chi connectivity index (χ3v) is 5.44. The lowest BCUT2D eigenvalue weighted by Crippen LogP contribution is -2.39. The minimum Gasteiger partial charge on any atom is -0.497 e. The minimum absolute atomic E-state index is 0.152. The van der Waals surface area contributed by atoms with E-state index in [4.69, 9.17) is 4.74 Å². The quantitative estimate of drug-likeness (QED) is 0.486. The molecule has 0 amide bonds. The smallest absolute Gasteiger partial charge is 0.332 e. The second-order valence-electron chi connectivity index (χ2n) is 7.07. The molecule has 1 aromatic carbocycles. The molecule has 0 bridgehead atoms. The zero-order valence-electron chi connectivity index (χ0n) is 17.0. The highest BCUT2D eigenvalue weighted by Gasteiger charge is 2.22. The maximum atomic E-state index is 13.1. The zero-order chi connectivity index (χ0) is 20.9. The van der Waals surface area contributed by atoms with Gasteiger partial charge in [0.05, 0.1) is 13.7 Å². The van der Waals surface area contributed by atoms with E-state index >= 15 is 0 Å². The van der Waals surface area contributed by atoms with Crippen molar-refractivity contribution in [3.8, 4) is 5.75 Å². The Morgan fingerprint density at radius 2 is 1.79 bits per heavy atom. The van der Waals surface area contributed by atoms with Crippen LogP contribution in [0.15, 0.2) is 46.5 Å². The van der Waals surface area contributed by atoms with E-state index in [1.54, 1.807) is 20.2 Å². The predicted molar refractivity (Wildman–Crippen MR) is 112 cm³/mol. The number of aromatic nitrogens is 5. The van der Waals surface area contributed by atoms with Crippen LogP contribution in [0.25, 0.3) is 16.9 Å². The second-order valence-corrected chi connectivity index (χ2v) is 7.07. The van der Waals surface area contributed by atoms with Crippen LogP contribution in [0.3, 0.4) is 0 Å². The standard InChI is InChI=1S/C21H23N5O3/c1-6-11-24-19(27)17-18(23(4)21(24)28)22-20-25(13(2)14(3)26(17)20)12-15-7-9-16(29-5)10-8-15/h6-10H,1,11-12H2,2-5H3. The molecule has 3 aromatic heterocycles. The van der Waals surface area contributed by atoms with E-state index in [1.807, 2.05) is 42.5 Å². The molecular formula is C21H23N5O3. The van der Waals surface area contributed by atoms with Crippen LogP contribution in [0.2, 0.25) is 0 Å². The van der Waals surface area contributed by atoms with Gasteiger partial charge in [-0.1, -0.05) is 18.2 Å². The van der Waals surface area contributed by atoms with Crippen LogP contribution in [0.1, 0.15) is 17.0 Å². The molecular weight excluding hydrogens is 370 g/mol. The molecule has 150 valence electrons. The van der Waals surface area contributed by atoms with Crippen LogP contribution in [0, 0.1) is 13.8 Å². The summed E-state index contributed by atoms with van der Waals surface area (Å²) in [5, 5.41) is 0. The number of allylic oxidation sites excluding steroid dienone is 1. The third kappa shape index (κ3) is 2.71. The lowest BCUT2D eigenvalue weighted by Gasteiger charge is -2.08. The summed E-state index contributed by atoms with van der Waals surface area (Å²) in [6.07, 6.45) is 1.54. The molecule has 4 rings (SSSR count). The summed E-state index contributed by atoms with van der Waals surface area (Å²) in [7, 11) is 3.27. The van der Waals surface area contributed by atoms with Crippen LogP contribution in [0.4, 0.5) is 0 Å². The van der Waals surface area contributed by atoms with Gasteiger partial charge in [0.1, 0.15) is 5.75 Å². The summed E-state index contributed by atoms with van der Waals surface area (Å²) in [5.74, 6) is 1.43. The van der Waals surface area contributed by atoms with E-state index < -0.39 is 5.69 Å². The summed E-state index contributed by atoms with van der Waals surface area (Å²) in [6.45, 7) is 8.35. The Labute approximate surface area is 166 Å². The molecule has 3 heterocycles. The summed E-state index contributed by atoms with van der Waals surface area (Å²) in [6, 6.07) is 7.83. The number of rotatable bonds is 5. The Hall–Kier alpha value is -3.55. The molecule has 0 atom stereocenters. The molecule has 8 heteroatoms. The molecule has 0 saturated heterocycles. The zero-order valence-corrected chi connectivity index (χ0v) is 17.0. The van der Waals surface area contributed by atoms with Gasteiger partial charge in [0.25, 0.3) is 5.56 Å². The highest BCUT2D eigenvalue weighted by molar-refractivity contribution is 5.76. The van der Waals surface area contributed by atoms with E-state index in [0.717, 1.165) is 22.7 Å². The fourth-order valence-electron chi connectivity index (χ4n) is 3.71. The van der Waals surface area contributed by atoms with Crippen molar-refractivity contribution < 1.29 is 4.74 Å². The minimum atomic E-state index is -0.403. The molecule has 0 N–H and O–H groups in total. The van der Waals surface area contributed by atoms with Crippen LogP contribution >= 0.6 is 0 Å². The first-order valence-electron chi connectivity index (χ1n) is 9.30. The average molecular weight is 393 g/mol. The Bertz CT molecular complexity index is 1370. The van der Waals surface area contributed by atoms with Gasteiger partial charge in [0.2, 0.25) is 5.78 Å². The molecule has 0 aliphatic heterocycles. The van der Waals surface area contributed by atoms with Crippen molar-refractivity contribution in [2.75, 3.05) is 7.11 Å². The maximum Gasteiger partial charge on any atom is 0.332 e. The SMILES string of the molecule is C=CCn1c(=O)c2c(nc3n(Cc4ccc(OC)cc4)c(C)c(C)n23)n(C)c1=O. The predicted octanol–water partition coefficient (Wildman–Crippen LogP) is 2.01. The van der Waals surface area contributed by atoms with Crippen molar-refractivity contribution >= 4 is 16.9 Å². The number of benzene rings is 1. The number of hydrogen-bond donors (Lipinski definition) is 0. The first-order chi connectivity index (χ1) is 13.9. The van der Waals surface area contributed by atoms with E-state index in [9.17, 15) is 9.59 Å². The largest absolute Gasteiger partial charge is 0.497 e. The lowest BCUT2D eigenvalue weighted by atomic mass is 10.2. The van der Waals surface area contributed by atoms with E-state index in [-0.39, 0.29) is 12.1 Å². The summed E-state index contributed by atoms with van der Waals surface area (Å²) < 4.78 is 11.7. The van der Waals surface area contributed by atoms with Gasteiger partial charge >= 0.3 is 5.69 Å². The van der Waals surface area contributed by atoms with Crippen molar-refractivity contribution in [3.63, 3.8) is 0 Å². The molecule has 0 fully saturated rings. The van der Waals surface area contributed by atoms with Gasteiger partial charge in [0.15, 0.2) is 11.2 Å². The second kappa shape index (κ2) is 6.80. The fourth-order valence-corrected chi connectivity index (χ4v) is 3.71. The van der Waals surface area contributed by atoms with E-state index in [2.05, 4.69) is 16.1 Å². The van der Waals surface area contributed by atoms with Crippen molar-refractivity contribution in [3.05, 3.63) is 74.7 Å². The topological polar surface area (TPSA) is 75.5 Å². The van der Waals surface area contributed by atoms with Crippen molar-refractivity contribution in [2.24, 2.45) is 7.05 Å². The summed E-state index contributed by atoms with van der Waals surface area (Å²) >= 11 is 0. The number of hydrogen-bond acceptors (Lipinski definition) is 4. The van der Waals surface area contributed by atoms with Gasteiger partial charge in [-0.15, -0.1) is 6.58 Å². The molecule has 0 aliphatic carbocycles. The Kier molecular flexibility index (Phi) is 4.41. The molecule has 0 saturated carbocycles. The first kappa shape index (κ1) is 18.8. The van der Waals surface area contributed by atoms with Crippen LogP contribution < -0.4 is 16.0 Å². The number of aryl methyl sites for hydroxylation is 2. The molecule has 0 unspecified atom stereocenters. The van der Waals surface area contributed by atoms with Crippen molar-refractivity contribution in [1.82, 2.24) is 23.1 Å². The molecule has 8 nitrogen and oxygen atoms in total. The molecule has 0 aliphatic rings. The average Bonchev–Trinajstić information content (AvgIpc) is 3.22. The highest BCUT2D eigenvalue weighted by atomic mass is 16.5. The van der Waals surface area contributed by atoms with Crippen molar-refractivity contribution in [2.45, 2.75) is 26.9 Å². The number of ether oxygens (including phenoxy) is 1. The van der Waals surface area contributed by atoms with E-state index in [0.29, 0.717) is 23.5 Å². The normalized spacial score (nSPS) is 11.4. The summed E-state index contributed by atoms with van der Waals surface area (Å²) in [4.78, 5) is 30.4. The lowest BCUT2D eigenvalue weighted by molar-refractivity contribution is 0.414. The van der Waals surface area contributed by atoms with Crippen molar-refractivity contribution in [1.29, 1.82) is 0 Å². The van der Waals surface area contributed by atoms with Gasteiger partial charge < -0.3 is 9.30 Å². The van der Waals surface area contributed by atoms with Gasteiger partial charge in [-0.3, -0.25) is 18.3 Å². The van der Waals surface area contributed by atoms with Crippen LogP contribution in [-0.2, 0) is 20.1 Å². The fraction of sp³-hybridized carbons (Fsp3) is 0.286. The molecule has 0 spiro atoms. The number of nitrogens with zero attached hydrogens (tertiary/aromatic N) is 5. The van der Waals surface area contributed by atoms with Gasteiger partial charge in [0, 0.05) is 25.0 Å². The third-order valence-electron chi connectivity index (χ3n) is 5.44.